The summed E-state index contributed by atoms with van der Waals surface area (Å²) in [5, 5.41) is 2.96. The molecule has 17 heavy (non-hydrogen) atoms. The molecule has 0 unspecified atom stereocenters. The highest BCUT2D eigenvalue weighted by molar-refractivity contribution is 9.10. The summed E-state index contributed by atoms with van der Waals surface area (Å²) in [5.74, 6) is 0. The lowest BCUT2D eigenvalue weighted by Gasteiger charge is -2.02. The molecule has 2 heterocycles. The molecule has 1 N–H and O–H groups in total. The van der Waals surface area contributed by atoms with Crippen molar-refractivity contribution >= 4 is 27.3 Å². The smallest absolute Gasteiger partial charge is 0.293 e. The van der Waals surface area contributed by atoms with Crippen molar-refractivity contribution in [3.63, 3.8) is 0 Å². The van der Waals surface area contributed by atoms with Gasteiger partial charge in [-0.25, -0.2) is 9.78 Å². The van der Waals surface area contributed by atoms with Crippen molar-refractivity contribution in [2.45, 2.75) is 19.9 Å². The van der Waals surface area contributed by atoms with Crippen LogP contribution in [0.4, 0.5) is 0 Å². The van der Waals surface area contributed by atoms with Crippen molar-refractivity contribution in [3.05, 3.63) is 47.6 Å². The van der Waals surface area contributed by atoms with Gasteiger partial charge in [0.15, 0.2) is 0 Å². The van der Waals surface area contributed by atoms with Gasteiger partial charge in [0.05, 0.1) is 21.7 Å². The van der Waals surface area contributed by atoms with Crippen molar-refractivity contribution in [1.29, 1.82) is 0 Å². The van der Waals surface area contributed by atoms with Gasteiger partial charge in [-0.15, -0.1) is 11.3 Å². The summed E-state index contributed by atoms with van der Waals surface area (Å²) in [7, 11) is 0. The number of thiazole rings is 1. The molecular weight excluding hydrogens is 306 g/mol. The van der Waals surface area contributed by atoms with E-state index < -0.39 is 11.2 Å². The second-order valence-electron chi connectivity index (χ2n) is 3.45. The Hall–Kier alpha value is -1.21. The minimum absolute atomic E-state index is 0.336. The quantitative estimate of drug-likeness (QED) is 0.930. The Morgan fingerprint density at radius 2 is 2.29 bits per heavy atom. The van der Waals surface area contributed by atoms with E-state index in [1.165, 1.54) is 10.8 Å². The lowest BCUT2D eigenvalue weighted by atomic mass is 10.4. The molecule has 0 fully saturated rings. The zero-order chi connectivity index (χ0) is 12.4. The van der Waals surface area contributed by atoms with Gasteiger partial charge in [0.1, 0.15) is 0 Å². The van der Waals surface area contributed by atoms with E-state index in [0.717, 1.165) is 17.1 Å². The number of aryl methyl sites for hydroxylation is 1. The standard InChI is InChI=1S/C10H10BrN3O2S/c1-2-8-12-6(5-17-8)3-14-4-7(11)9(15)13-10(14)16/h4-5H,2-3H2,1H3,(H,13,15,16). The van der Waals surface area contributed by atoms with E-state index >= 15 is 0 Å². The third-order valence-corrected chi connectivity index (χ3v) is 3.81. The van der Waals surface area contributed by atoms with Crippen LogP contribution >= 0.6 is 27.3 Å². The van der Waals surface area contributed by atoms with E-state index in [2.05, 4.69) is 25.9 Å². The molecule has 7 heteroatoms. The lowest BCUT2D eigenvalue weighted by molar-refractivity contribution is 0.702. The monoisotopic (exact) mass is 315 g/mol. The van der Waals surface area contributed by atoms with E-state index in [4.69, 9.17) is 0 Å². The molecule has 2 aromatic rings. The largest absolute Gasteiger partial charge is 0.328 e. The van der Waals surface area contributed by atoms with Gasteiger partial charge in [-0.05, 0) is 22.4 Å². The zero-order valence-electron chi connectivity index (χ0n) is 9.07. The molecule has 0 radical (unpaired) electrons. The Labute approximate surface area is 109 Å². The summed E-state index contributed by atoms with van der Waals surface area (Å²) < 4.78 is 1.75. The molecule has 0 aliphatic heterocycles. The van der Waals surface area contributed by atoms with Crippen LogP contribution < -0.4 is 11.2 Å². The third kappa shape index (κ3) is 2.73. The molecule has 0 aliphatic carbocycles. The first kappa shape index (κ1) is 12.3. The van der Waals surface area contributed by atoms with Crippen molar-refractivity contribution in [2.75, 3.05) is 0 Å². The van der Waals surface area contributed by atoms with Gasteiger partial charge in [0.25, 0.3) is 5.56 Å². The van der Waals surface area contributed by atoms with Crippen LogP contribution in [-0.2, 0) is 13.0 Å². The highest BCUT2D eigenvalue weighted by Crippen LogP contribution is 2.11. The molecule has 0 atom stereocenters. The van der Waals surface area contributed by atoms with E-state index in [0.29, 0.717) is 11.0 Å². The van der Waals surface area contributed by atoms with Gasteiger partial charge < -0.3 is 0 Å². The number of hydrogen-bond acceptors (Lipinski definition) is 4. The van der Waals surface area contributed by atoms with Gasteiger partial charge in [-0.1, -0.05) is 6.92 Å². The molecule has 0 aromatic carbocycles. The highest BCUT2D eigenvalue weighted by atomic mass is 79.9. The predicted molar refractivity (Wildman–Crippen MR) is 69.6 cm³/mol. The number of H-pyrrole nitrogens is 1. The van der Waals surface area contributed by atoms with E-state index in [9.17, 15) is 9.59 Å². The van der Waals surface area contributed by atoms with Gasteiger partial charge in [0.2, 0.25) is 0 Å². The van der Waals surface area contributed by atoms with Crippen molar-refractivity contribution in [2.24, 2.45) is 0 Å². The Kier molecular flexibility index (Phi) is 3.58. The third-order valence-electron chi connectivity index (χ3n) is 2.20. The first-order valence-corrected chi connectivity index (χ1v) is 6.70. The Balaban J connectivity index is 2.33. The van der Waals surface area contributed by atoms with Gasteiger partial charge in [0, 0.05) is 11.6 Å². The average molecular weight is 316 g/mol. The van der Waals surface area contributed by atoms with Crippen LogP contribution in [0.5, 0.6) is 0 Å². The summed E-state index contributed by atoms with van der Waals surface area (Å²) in [4.78, 5) is 29.3. The molecule has 0 saturated carbocycles. The first-order valence-electron chi connectivity index (χ1n) is 5.02. The normalized spacial score (nSPS) is 10.7. The average Bonchev–Trinajstić information content (AvgIpc) is 2.73. The molecule has 0 amide bonds. The van der Waals surface area contributed by atoms with Gasteiger partial charge >= 0.3 is 5.69 Å². The lowest BCUT2D eigenvalue weighted by Crippen LogP contribution is -2.30. The van der Waals surface area contributed by atoms with Gasteiger partial charge in [-0.3, -0.25) is 14.3 Å². The SMILES string of the molecule is CCc1nc(Cn2cc(Br)c(=O)[nH]c2=O)cs1. The summed E-state index contributed by atoms with van der Waals surface area (Å²) in [6.07, 6.45) is 2.36. The van der Waals surface area contributed by atoms with Crippen LogP contribution in [0, 0.1) is 0 Å². The topological polar surface area (TPSA) is 67.8 Å². The molecule has 0 saturated heterocycles. The Morgan fingerprint density at radius 1 is 1.53 bits per heavy atom. The fourth-order valence-electron chi connectivity index (χ4n) is 1.36. The fraction of sp³-hybridized carbons (Fsp3) is 0.300. The van der Waals surface area contributed by atoms with Crippen molar-refractivity contribution in [1.82, 2.24) is 14.5 Å². The molecule has 0 aliphatic rings. The van der Waals surface area contributed by atoms with Crippen molar-refractivity contribution in [3.8, 4) is 0 Å². The minimum Gasteiger partial charge on any atom is -0.293 e. The highest BCUT2D eigenvalue weighted by Gasteiger charge is 2.05. The van der Waals surface area contributed by atoms with Crippen LogP contribution in [0.15, 0.2) is 25.6 Å². The second kappa shape index (κ2) is 4.97. The van der Waals surface area contributed by atoms with E-state index in [-0.39, 0.29) is 0 Å². The number of halogens is 1. The molecular formula is C10H10BrN3O2S. The molecule has 0 spiro atoms. The number of rotatable bonds is 3. The summed E-state index contributed by atoms with van der Waals surface area (Å²) in [5.41, 5.74) is -0.0177. The first-order chi connectivity index (χ1) is 8.10. The predicted octanol–water partition coefficient (Wildman–Crippen LogP) is 1.37. The summed E-state index contributed by atoms with van der Waals surface area (Å²) >= 11 is 4.66. The van der Waals surface area contributed by atoms with E-state index in [1.807, 2.05) is 12.3 Å². The van der Waals surface area contributed by atoms with E-state index in [1.54, 1.807) is 11.3 Å². The number of hydrogen-bond donors (Lipinski definition) is 1. The van der Waals surface area contributed by atoms with Crippen LogP contribution in [0.3, 0.4) is 0 Å². The number of aromatic nitrogens is 3. The molecule has 2 aromatic heterocycles. The maximum Gasteiger partial charge on any atom is 0.328 e. The maximum atomic E-state index is 11.5. The summed E-state index contributed by atoms with van der Waals surface area (Å²) in [6.45, 7) is 2.40. The van der Waals surface area contributed by atoms with Crippen LogP contribution in [0.1, 0.15) is 17.6 Å². The molecule has 2 rings (SSSR count). The molecule has 5 nitrogen and oxygen atoms in total. The molecule has 0 bridgehead atoms. The van der Waals surface area contributed by atoms with Crippen LogP contribution in [0.25, 0.3) is 0 Å². The zero-order valence-corrected chi connectivity index (χ0v) is 11.5. The Bertz CT molecular complexity index is 643. The minimum atomic E-state index is -0.427. The second-order valence-corrected chi connectivity index (χ2v) is 5.25. The number of nitrogens with zero attached hydrogens (tertiary/aromatic N) is 2. The number of nitrogens with one attached hydrogen (secondary N) is 1. The van der Waals surface area contributed by atoms with Crippen LogP contribution in [-0.4, -0.2) is 14.5 Å². The fourth-order valence-corrected chi connectivity index (χ4v) is 2.44. The van der Waals surface area contributed by atoms with Crippen molar-refractivity contribution < 1.29 is 0 Å². The van der Waals surface area contributed by atoms with Crippen LogP contribution in [0.2, 0.25) is 0 Å². The Morgan fingerprint density at radius 3 is 2.94 bits per heavy atom. The molecule has 90 valence electrons. The maximum absolute atomic E-state index is 11.5. The van der Waals surface area contributed by atoms with Gasteiger partial charge in [-0.2, -0.15) is 0 Å². The summed E-state index contributed by atoms with van der Waals surface area (Å²) in [6, 6.07) is 0. The number of aromatic amines is 1.